The summed E-state index contributed by atoms with van der Waals surface area (Å²) in [5.41, 5.74) is 3.59. The van der Waals surface area contributed by atoms with Gasteiger partial charge in [-0.1, -0.05) is 36.4 Å². The quantitative estimate of drug-likeness (QED) is 0.817. The Labute approximate surface area is 168 Å². The van der Waals surface area contributed by atoms with Crippen molar-refractivity contribution in [1.82, 2.24) is 0 Å². The molecule has 2 amide bonds. The molecule has 7 nitrogen and oxygen atoms in total. The molecule has 7 heteroatoms. The van der Waals surface area contributed by atoms with Crippen LogP contribution in [0.2, 0.25) is 0 Å². The van der Waals surface area contributed by atoms with Crippen LogP contribution in [0.1, 0.15) is 19.4 Å². The molecule has 2 aromatic rings. The predicted molar refractivity (Wildman–Crippen MR) is 112 cm³/mol. The Balaban J connectivity index is 1.60. The molecule has 2 aromatic carbocycles. The molecule has 2 aliphatic rings. The maximum Gasteiger partial charge on any atom is 0.280 e. The summed E-state index contributed by atoms with van der Waals surface area (Å²) in [4.78, 5) is 25.9. The molecule has 2 aliphatic heterocycles. The highest BCUT2D eigenvalue weighted by Crippen LogP contribution is 2.28. The van der Waals surface area contributed by atoms with E-state index in [1.807, 2.05) is 30.3 Å². The zero-order valence-electron chi connectivity index (χ0n) is 16.1. The molecule has 2 heterocycles. The number of carbonyl (C=O) groups excluding carboxylic acids is 2. The van der Waals surface area contributed by atoms with Gasteiger partial charge in [0.25, 0.3) is 11.8 Å². The molecule has 0 radical (unpaired) electrons. The topological polar surface area (TPSA) is 85.6 Å². The molecule has 1 atom stereocenters. The molecule has 0 spiro atoms. The molecule has 0 saturated heterocycles. The second-order valence-electron chi connectivity index (χ2n) is 6.91. The third kappa shape index (κ3) is 3.36. The van der Waals surface area contributed by atoms with Crippen molar-refractivity contribution in [2.75, 3.05) is 10.0 Å². The van der Waals surface area contributed by atoms with E-state index in [4.69, 9.17) is 0 Å². The highest BCUT2D eigenvalue weighted by Gasteiger charge is 2.36. The number of hydrogen-bond acceptors (Lipinski definition) is 5. The number of aliphatic hydroxyl groups excluding tert-OH is 1. The van der Waals surface area contributed by atoms with Gasteiger partial charge in [0.2, 0.25) is 0 Å². The van der Waals surface area contributed by atoms with E-state index in [1.54, 1.807) is 44.2 Å². The minimum absolute atomic E-state index is 0.0675. The van der Waals surface area contributed by atoms with Crippen LogP contribution in [0.3, 0.4) is 0 Å². The minimum Gasteiger partial charge on any atom is -0.392 e. The van der Waals surface area contributed by atoms with E-state index >= 15 is 0 Å². The van der Waals surface area contributed by atoms with Gasteiger partial charge in [0, 0.05) is 0 Å². The van der Waals surface area contributed by atoms with Crippen LogP contribution in [0.25, 0.3) is 0 Å². The van der Waals surface area contributed by atoms with E-state index in [9.17, 15) is 14.7 Å². The number of anilines is 2. The molecule has 4 rings (SSSR count). The lowest BCUT2D eigenvalue weighted by atomic mass is 9.98. The van der Waals surface area contributed by atoms with Crippen molar-refractivity contribution in [2.24, 2.45) is 16.1 Å². The fourth-order valence-corrected chi connectivity index (χ4v) is 3.32. The average molecular weight is 388 g/mol. The second kappa shape index (κ2) is 7.44. The maximum atomic E-state index is 13.0. The number of hydrazone groups is 2. The molecule has 1 unspecified atom stereocenters. The van der Waals surface area contributed by atoms with Gasteiger partial charge in [-0.15, -0.1) is 0 Å². The van der Waals surface area contributed by atoms with Crippen molar-refractivity contribution >= 4 is 34.6 Å². The molecule has 29 heavy (non-hydrogen) atoms. The monoisotopic (exact) mass is 388 g/mol. The van der Waals surface area contributed by atoms with E-state index in [2.05, 4.69) is 10.2 Å². The lowest BCUT2D eigenvalue weighted by molar-refractivity contribution is -0.118. The van der Waals surface area contributed by atoms with Crippen molar-refractivity contribution in [3.63, 3.8) is 0 Å². The van der Waals surface area contributed by atoms with Crippen LogP contribution in [-0.4, -0.2) is 28.3 Å². The predicted octanol–water partition coefficient (Wildman–Crippen LogP) is 2.87. The second-order valence-corrected chi connectivity index (χ2v) is 6.91. The highest BCUT2D eigenvalue weighted by atomic mass is 16.3. The summed E-state index contributed by atoms with van der Waals surface area (Å²) in [5.74, 6) is -1.11. The van der Waals surface area contributed by atoms with E-state index in [-0.39, 0.29) is 18.4 Å². The van der Waals surface area contributed by atoms with Crippen molar-refractivity contribution < 1.29 is 14.7 Å². The van der Waals surface area contributed by atoms with Gasteiger partial charge in [0.05, 0.1) is 40.9 Å². The van der Waals surface area contributed by atoms with Gasteiger partial charge in [0.15, 0.2) is 0 Å². The normalized spacial score (nSPS) is 20.5. The Kier molecular flexibility index (Phi) is 4.82. The van der Waals surface area contributed by atoms with Crippen LogP contribution in [0.15, 0.2) is 76.4 Å². The zero-order chi connectivity index (χ0) is 20.5. The van der Waals surface area contributed by atoms with Crippen LogP contribution >= 0.6 is 0 Å². The number of hydrogen-bond donors (Lipinski definition) is 1. The smallest absolute Gasteiger partial charge is 0.280 e. The summed E-state index contributed by atoms with van der Waals surface area (Å²) < 4.78 is 0. The number of benzene rings is 2. The van der Waals surface area contributed by atoms with Gasteiger partial charge < -0.3 is 5.11 Å². The van der Waals surface area contributed by atoms with E-state index < -0.39 is 5.92 Å². The summed E-state index contributed by atoms with van der Waals surface area (Å²) >= 11 is 0. The number of amides is 2. The number of rotatable bonds is 4. The Bertz CT molecular complexity index is 1060. The molecular weight excluding hydrogens is 368 g/mol. The summed E-state index contributed by atoms with van der Waals surface area (Å²) in [6.45, 7) is 3.45. The number of nitrogens with zero attached hydrogens (tertiary/aromatic N) is 4. The van der Waals surface area contributed by atoms with Crippen molar-refractivity contribution in [2.45, 2.75) is 20.5 Å². The largest absolute Gasteiger partial charge is 0.392 e. The standard InChI is InChI=1S/C22H20N4O3/c1-14-19(21(28)25(23-14)17-6-4-3-5-7-17)12-20-15(2)24-26(22(20)29)18-10-8-16(13-27)9-11-18/h3-12,19,27H,13H2,1-2H3. The first kappa shape index (κ1) is 18.8. The van der Waals surface area contributed by atoms with E-state index in [0.717, 1.165) is 5.56 Å². The minimum atomic E-state index is -0.615. The number of aliphatic hydroxyl groups is 1. The fraction of sp³-hybridized carbons (Fsp3) is 0.182. The Hall–Kier alpha value is -3.58. The van der Waals surface area contributed by atoms with Crippen molar-refractivity contribution in [3.8, 4) is 0 Å². The van der Waals surface area contributed by atoms with Gasteiger partial charge in [-0.2, -0.15) is 20.2 Å². The summed E-state index contributed by atoms with van der Waals surface area (Å²) in [5, 5.41) is 20.6. The number of carbonyl (C=O) groups is 2. The molecule has 146 valence electrons. The maximum absolute atomic E-state index is 13.0. The molecule has 0 saturated carbocycles. The van der Waals surface area contributed by atoms with Crippen LogP contribution < -0.4 is 10.0 Å². The van der Waals surface area contributed by atoms with Crippen LogP contribution in [0.4, 0.5) is 11.4 Å². The first-order valence-electron chi connectivity index (χ1n) is 9.25. The molecular formula is C22H20N4O3. The van der Waals surface area contributed by atoms with Crippen LogP contribution in [0, 0.1) is 5.92 Å². The Morgan fingerprint density at radius 3 is 2.24 bits per heavy atom. The molecule has 0 fully saturated rings. The van der Waals surface area contributed by atoms with Gasteiger partial charge in [-0.05, 0) is 43.7 Å². The number of para-hydroxylation sites is 1. The van der Waals surface area contributed by atoms with Gasteiger partial charge >= 0.3 is 0 Å². The van der Waals surface area contributed by atoms with E-state index in [1.165, 1.54) is 10.0 Å². The van der Waals surface area contributed by atoms with Gasteiger partial charge in [-0.3, -0.25) is 9.59 Å². The van der Waals surface area contributed by atoms with Crippen LogP contribution in [0.5, 0.6) is 0 Å². The lowest BCUT2D eigenvalue weighted by Crippen LogP contribution is -2.27. The van der Waals surface area contributed by atoms with Crippen molar-refractivity contribution in [3.05, 3.63) is 71.8 Å². The van der Waals surface area contributed by atoms with Gasteiger partial charge in [0.1, 0.15) is 0 Å². The third-order valence-corrected chi connectivity index (χ3v) is 4.94. The molecule has 0 aliphatic carbocycles. The lowest BCUT2D eigenvalue weighted by Gasteiger charge is -2.13. The van der Waals surface area contributed by atoms with E-state index in [0.29, 0.717) is 28.4 Å². The summed E-state index contributed by atoms with van der Waals surface area (Å²) in [6.07, 6.45) is 1.65. The average Bonchev–Trinajstić information content (AvgIpc) is 3.19. The molecule has 0 bridgehead atoms. The summed E-state index contributed by atoms with van der Waals surface area (Å²) in [7, 11) is 0. The SMILES string of the molecule is CC1=NN(c2ccc(CO)cc2)C(=O)C1=CC1C(=O)N(c2ccccc2)N=C1C. The Morgan fingerprint density at radius 1 is 0.931 bits per heavy atom. The third-order valence-electron chi connectivity index (χ3n) is 4.94. The fourth-order valence-electron chi connectivity index (χ4n) is 3.32. The van der Waals surface area contributed by atoms with Gasteiger partial charge in [-0.25, -0.2) is 0 Å². The zero-order valence-corrected chi connectivity index (χ0v) is 16.1. The first-order chi connectivity index (χ1) is 14.0. The van der Waals surface area contributed by atoms with Crippen LogP contribution in [-0.2, 0) is 16.2 Å². The molecule has 0 aromatic heterocycles. The Morgan fingerprint density at radius 2 is 1.59 bits per heavy atom. The first-order valence-corrected chi connectivity index (χ1v) is 9.25. The highest BCUT2D eigenvalue weighted by molar-refractivity contribution is 6.30. The molecule has 1 N–H and O–H groups in total. The summed E-state index contributed by atoms with van der Waals surface area (Å²) in [6, 6.07) is 16.1. The van der Waals surface area contributed by atoms with Crippen molar-refractivity contribution in [1.29, 1.82) is 0 Å².